The van der Waals surface area contributed by atoms with Gasteiger partial charge in [0.05, 0.1) is 0 Å². The van der Waals surface area contributed by atoms with Crippen molar-refractivity contribution in [3.63, 3.8) is 0 Å². The Morgan fingerprint density at radius 1 is 0.652 bits per heavy atom. The number of allylic oxidation sites excluding steroid dienone is 2. The van der Waals surface area contributed by atoms with Crippen LogP contribution in [0.1, 0.15) is 50.7 Å². The Balaban J connectivity index is 1.39. The Morgan fingerprint density at radius 3 is 1.52 bits per heavy atom. The van der Waals surface area contributed by atoms with Crippen molar-refractivity contribution >= 4 is 47.6 Å². The molecule has 23 heavy (non-hydrogen) atoms. The molecule has 2 heteroatoms. The molecule has 0 aromatic heterocycles. The number of fused-ring (bicyclic) bond motifs is 2. The third-order valence-electron chi connectivity index (χ3n) is 5.65. The molecule has 0 saturated carbocycles. The van der Waals surface area contributed by atoms with Crippen molar-refractivity contribution in [3.05, 3.63) is 81.9 Å². The predicted molar refractivity (Wildman–Crippen MR) is 99.7 cm³/mol. The van der Waals surface area contributed by atoms with Gasteiger partial charge in [-0.3, -0.25) is 0 Å². The maximum absolute atomic E-state index is 2.42. The molecule has 0 heterocycles. The molecule has 4 rings (SSSR count). The topological polar surface area (TPSA) is 0 Å². The fourth-order valence-electron chi connectivity index (χ4n) is 4.20. The van der Waals surface area contributed by atoms with Crippen molar-refractivity contribution in [2.45, 2.75) is 28.4 Å². The van der Waals surface area contributed by atoms with Crippen molar-refractivity contribution in [2.75, 3.05) is 0 Å². The van der Waals surface area contributed by atoms with Gasteiger partial charge in [0.15, 0.2) is 0 Å². The first kappa shape index (κ1) is 15.6. The van der Waals surface area contributed by atoms with Gasteiger partial charge < -0.3 is 0 Å². The quantitative estimate of drug-likeness (QED) is 0.709. The second-order valence-corrected chi connectivity index (χ2v) is 6.99. The monoisotopic (exact) mass is 284 g/mol. The fraction of sp³-hybridized carbons (Fsp3) is 0.238. The van der Waals surface area contributed by atoms with Gasteiger partial charge in [0.2, 0.25) is 0 Å². The van der Waals surface area contributed by atoms with E-state index < -0.39 is 0 Å². The molecule has 104 valence electrons. The molecule has 0 bridgehead atoms. The SMILES string of the molecule is [Li][CH]1C(CCCC2=Cc3ccccc3[CH]2[Li])=Cc2ccccc21. The van der Waals surface area contributed by atoms with Crippen molar-refractivity contribution in [1.82, 2.24) is 0 Å². The van der Waals surface area contributed by atoms with Gasteiger partial charge in [0, 0.05) is 0 Å². The molecule has 2 aliphatic carbocycles. The van der Waals surface area contributed by atoms with Crippen molar-refractivity contribution < 1.29 is 0 Å². The maximum atomic E-state index is 2.42. The molecular formula is C21H18Li2. The Bertz CT molecular complexity index is 733. The average molecular weight is 284 g/mol. The van der Waals surface area contributed by atoms with E-state index in [-0.39, 0.29) is 0 Å². The zero-order valence-corrected chi connectivity index (χ0v) is 14.0. The van der Waals surface area contributed by atoms with E-state index in [2.05, 4.69) is 96.1 Å². The summed E-state index contributed by atoms with van der Waals surface area (Å²) in [4.78, 5) is 0. The van der Waals surface area contributed by atoms with Gasteiger partial charge in [-0.1, -0.05) is 0 Å². The molecule has 0 nitrogen and oxygen atoms in total. The van der Waals surface area contributed by atoms with E-state index in [9.17, 15) is 0 Å². The van der Waals surface area contributed by atoms with Crippen molar-refractivity contribution in [2.24, 2.45) is 0 Å². The first-order valence-electron chi connectivity index (χ1n) is 8.83. The molecule has 0 spiro atoms. The van der Waals surface area contributed by atoms with Gasteiger partial charge in [-0.2, -0.15) is 0 Å². The third-order valence-corrected chi connectivity index (χ3v) is 5.65. The summed E-state index contributed by atoms with van der Waals surface area (Å²) in [5, 5.41) is 0. The molecule has 0 aliphatic heterocycles. The van der Waals surface area contributed by atoms with E-state index in [0.717, 1.165) is 0 Å². The molecule has 2 atom stereocenters. The van der Waals surface area contributed by atoms with Crippen LogP contribution in [0.25, 0.3) is 12.2 Å². The zero-order chi connectivity index (χ0) is 15.8. The number of rotatable bonds is 4. The molecule has 2 aromatic carbocycles. The number of hydrogen-bond donors (Lipinski definition) is 0. The van der Waals surface area contributed by atoms with Crippen LogP contribution in [0.5, 0.6) is 0 Å². The van der Waals surface area contributed by atoms with Crippen molar-refractivity contribution in [1.29, 1.82) is 0 Å². The minimum absolute atomic E-state index is 0.596. The van der Waals surface area contributed by atoms with Crippen LogP contribution in [0.3, 0.4) is 0 Å². The minimum atomic E-state index is 0.596. The first-order chi connectivity index (χ1) is 11.2. The molecule has 0 fully saturated rings. The van der Waals surface area contributed by atoms with E-state index in [1.54, 1.807) is 11.1 Å². The van der Waals surface area contributed by atoms with E-state index in [0.29, 0.717) is 9.18 Å². The van der Waals surface area contributed by atoms with E-state index >= 15 is 0 Å². The summed E-state index contributed by atoms with van der Waals surface area (Å²) in [5.74, 6) is 0. The summed E-state index contributed by atoms with van der Waals surface area (Å²) >= 11 is 4.70. The summed E-state index contributed by atoms with van der Waals surface area (Å²) in [6.07, 6.45) is 8.53. The first-order valence-corrected chi connectivity index (χ1v) is 8.83. The van der Waals surface area contributed by atoms with Gasteiger partial charge in [-0.05, 0) is 0 Å². The van der Waals surface area contributed by atoms with E-state index in [1.165, 1.54) is 41.5 Å². The van der Waals surface area contributed by atoms with Crippen LogP contribution in [0.15, 0.2) is 59.7 Å². The summed E-state index contributed by atoms with van der Waals surface area (Å²) < 4.78 is 1.19. The van der Waals surface area contributed by atoms with Gasteiger partial charge >= 0.3 is 158 Å². The molecule has 2 aliphatic rings. The molecular weight excluding hydrogens is 266 g/mol. The third kappa shape index (κ3) is 2.95. The van der Waals surface area contributed by atoms with Crippen LogP contribution < -0.4 is 0 Å². The molecule has 0 saturated heterocycles. The zero-order valence-electron chi connectivity index (χ0n) is 14.0. The normalized spacial score (nSPS) is 21.7. The standard InChI is InChI=1S/C21H18.2Li/c1-2-9-19-13-16(12-18(19)8-1)6-5-7-17-14-20-10-3-4-11-21(20)15-17;;/h1-4,8-15H,5-7H2;;. The molecule has 0 N–H and O–H groups in total. The van der Waals surface area contributed by atoms with Gasteiger partial charge in [-0.25, -0.2) is 0 Å². The number of benzene rings is 2. The summed E-state index contributed by atoms with van der Waals surface area (Å²) in [6, 6.07) is 17.7. The Morgan fingerprint density at radius 2 is 1.09 bits per heavy atom. The van der Waals surface area contributed by atoms with E-state index in [4.69, 9.17) is 0 Å². The fourth-order valence-corrected chi connectivity index (χ4v) is 4.20. The van der Waals surface area contributed by atoms with Gasteiger partial charge in [-0.15, -0.1) is 0 Å². The van der Waals surface area contributed by atoms with Crippen LogP contribution in [0, 0.1) is 0 Å². The molecule has 2 unspecified atom stereocenters. The molecule has 0 radical (unpaired) electrons. The Kier molecular flexibility index (Phi) is 4.45. The van der Waals surface area contributed by atoms with Crippen molar-refractivity contribution in [3.8, 4) is 0 Å². The van der Waals surface area contributed by atoms with Gasteiger partial charge in [0.1, 0.15) is 0 Å². The molecule has 0 amide bonds. The second-order valence-electron chi connectivity index (χ2n) is 6.99. The Hall–Kier alpha value is -0.885. The number of hydrogen-bond acceptors (Lipinski definition) is 0. The summed E-state index contributed by atoms with van der Waals surface area (Å²) in [7, 11) is 0. The second kappa shape index (κ2) is 6.55. The van der Waals surface area contributed by atoms with Gasteiger partial charge in [0.25, 0.3) is 0 Å². The molecule has 2 aromatic rings. The van der Waals surface area contributed by atoms with Crippen LogP contribution >= 0.6 is 0 Å². The Labute approximate surface area is 157 Å². The summed E-state index contributed by atoms with van der Waals surface area (Å²) in [6.45, 7) is 0. The summed E-state index contributed by atoms with van der Waals surface area (Å²) in [5.41, 5.74) is 9.07. The average Bonchev–Trinajstić information content (AvgIpc) is 3.07. The van der Waals surface area contributed by atoms with Crippen LogP contribution in [-0.4, -0.2) is 35.4 Å². The van der Waals surface area contributed by atoms with Crippen LogP contribution in [0.4, 0.5) is 0 Å². The van der Waals surface area contributed by atoms with Crippen LogP contribution in [-0.2, 0) is 0 Å². The van der Waals surface area contributed by atoms with Crippen LogP contribution in [0.2, 0.25) is 0 Å². The van der Waals surface area contributed by atoms with E-state index in [1.807, 2.05) is 0 Å². The predicted octanol–water partition coefficient (Wildman–Crippen LogP) is 4.77.